The van der Waals surface area contributed by atoms with Crippen LogP contribution in [0.3, 0.4) is 0 Å². The van der Waals surface area contributed by atoms with Gasteiger partial charge in [-0.25, -0.2) is 9.42 Å². The first-order valence-corrected chi connectivity index (χ1v) is 3.08. The lowest BCUT2D eigenvalue weighted by atomic mass is 10.2. The number of ketones is 1. The van der Waals surface area contributed by atoms with Crippen LogP contribution >= 0.6 is 0 Å². The highest BCUT2D eigenvalue weighted by Gasteiger charge is 2.21. The van der Waals surface area contributed by atoms with E-state index in [1.807, 2.05) is 0 Å². The van der Waals surface area contributed by atoms with Gasteiger partial charge in [0.2, 0.25) is 5.69 Å². The molecular weight excluding hydrogens is 164 g/mol. The summed E-state index contributed by atoms with van der Waals surface area (Å²) in [6.45, 7) is 1.26. The highest BCUT2D eigenvalue weighted by molar-refractivity contribution is 6.02. The van der Waals surface area contributed by atoms with Gasteiger partial charge >= 0.3 is 5.97 Å². The fourth-order valence-corrected chi connectivity index (χ4v) is 0.650. The number of carbonyl (C=O) groups excluding carboxylic acids is 2. The normalized spacial score (nSPS) is 9.50. The molecule has 0 radical (unpaired) electrons. The molecule has 1 rings (SSSR count). The van der Waals surface area contributed by atoms with Crippen LogP contribution in [0.5, 0.6) is 0 Å². The lowest BCUT2D eigenvalue weighted by Crippen LogP contribution is -2.08. The number of methoxy groups -OCH3 is 1. The Hall–Kier alpha value is -1.72. The number of hydrogen-bond donors (Lipinski definition) is 0. The van der Waals surface area contributed by atoms with Crippen LogP contribution < -0.4 is 0 Å². The number of Topliss-reactive ketones (excluding diaryl/α,β-unsaturated/α-hetero) is 1. The molecule has 0 aromatic carbocycles. The van der Waals surface area contributed by atoms with Gasteiger partial charge in [-0.15, -0.1) is 0 Å². The van der Waals surface area contributed by atoms with Crippen molar-refractivity contribution in [2.24, 2.45) is 0 Å². The Morgan fingerprint density at radius 1 is 1.33 bits per heavy atom. The number of aromatic nitrogens is 2. The summed E-state index contributed by atoms with van der Waals surface area (Å²) in [6.07, 6.45) is 0. The molecule has 0 aliphatic carbocycles. The second kappa shape index (κ2) is 3.12. The van der Waals surface area contributed by atoms with Crippen LogP contribution in [0.15, 0.2) is 4.63 Å². The third kappa shape index (κ3) is 1.31. The molecular formula is C6H6N2O4. The molecule has 0 amide bonds. The maximum Gasteiger partial charge on any atom is 0.362 e. The first-order chi connectivity index (χ1) is 5.66. The van der Waals surface area contributed by atoms with Crippen LogP contribution in [0.25, 0.3) is 0 Å². The fourth-order valence-electron chi connectivity index (χ4n) is 0.650. The van der Waals surface area contributed by atoms with E-state index in [1.54, 1.807) is 0 Å². The Morgan fingerprint density at radius 3 is 2.42 bits per heavy atom. The van der Waals surface area contributed by atoms with E-state index in [-0.39, 0.29) is 11.4 Å². The summed E-state index contributed by atoms with van der Waals surface area (Å²) in [6, 6.07) is 0. The molecule has 0 unspecified atom stereocenters. The van der Waals surface area contributed by atoms with Gasteiger partial charge in [-0.05, 0) is 10.3 Å². The van der Waals surface area contributed by atoms with Crippen molar-refractivity contribution in [3.05, 3.63) is 11.4 Å². The van der Waals surface area contributed by atoms with Crippen molar-refractivity contribution < 1.29 is 19.0 Å². The first kappa shape index (κ1) is 8.38. The molecule has 0 aliphatic heterocycles. The molecule has 0 atom stereocenters. The van der Waals surface area contributed by atoms with Crippen LogP contribution in [-0.2, 0) is 4.74 Å². The Balaban J connectivity index is 3.07. The summed E-state index contributed by atoms with van der Waals surface area (Å²) in [5.41, 5.74) is -0.299. The van der Waals surface area contributed by atoms with Crippen LogP contribution in [0.2, 0.25) is 0 Å². The molecule has 1 heterocycles. The molecule has 6 heteroatoms. The minimum Gasteiger partial charge on any atom is -0.464 e. The van der Waals surface area contributed by atoms with Crippen molar-refractivity contribution in [1.82, 2.24) is 10.3 Å². The minimum atomic E-state index is -0.735. The maximum atomic E-state index is 10.9. The Labute approximate surface area is 67.5 Å². The Kier molecular flexibility index (Phi) is 2.18. The first-order valence-electron chi connectivity index (χ1n) is 3.08. The van der Waals surface area contributed by atoms with E-state index in [1.165, 1.54) is 14.0 Å². The molecule has 64 valence electrons. The van der Waals surface area contributed by atoms with E-state index in [9.17, 15) is 9.59 Å². The summed E-state index contributed by atoms with van der Waals surface area (Å²) in [4.78, 5) is 21.6. The van der Waals surface area contributed by atoms with Crippen molar-refractivity contribution in [3.8, 4) is 0 Å². The van der Waals surface area contributed by atoms with Gasteiger partial charge in [-0.1, -0.05) is 0 Å². The molecule has 0 saturated heterocycles. The molecule has 12 heavy (non-hydrogen) atoms. The molecule has 0 bridgehead atoms. The lowest BCUT2D eigenvalue weighted by molar-refractivity contribution is 0.0585. The maximum absolute atomic E-state index is 10.9. The molecule has 0 spiro atoms. The van der Waals surface area contributed by atoms with Gasteiger partial charge in [0.1, 0.15) is 0 Å². The number of rotatable bonds is 2. The van der Waals surface area contributed by atoms with Crippen molar-refractivity contribution in [1.29, 1.82) is 0 Å². The van der Waals surface area contributed by atoms with E-state index in [4.69, 9.17) is 0 Å². The number of esters is 1. The zero-order valence-electron chi connectivity index (χ0n) is 6.53. The Bertz CT molecular complexity index is 317. The third-order valence-corrected chi connectivity index (χ3v) is 1.20. The van der Waals surface area contributed by atoms with Crippen LogP contribution in [-0.4, -0.2) is 29.2 Å². The van der Waals surface area contributed by atoms with Crippen molar-refractivity contribution in [2.75, 3.05) is 7.11 Å². The molecule has 0 saturated carbocycles. The highest BCUT2D eigenvalue weighted by Crippen LogP contribution is 2.04. The zero-order valence-corrected chi connectivity index (χ0v) is 6.53. The molecule has 0 N–H and O–H groups in total. The van der Waals surface area contributed by atoms with E-state index < -0.39 is 11.8 Å². The standard InChI is InChI=1S/C6H6N2O4/c1-3(9)4-5(6(10)11-2)8-12-7-4/h1-2H3. The predicted molar refractivity (Wildman–Crippen MR) is 35.6 cm³/mol. The molecule has 6 nitrogen and oxygen atoms in total. The summed E-state index contributed by atoms with van der Waals surface area (Å²) in [7, 11) is 1.18. The summed E-state index contributed by atoms with van der Waals surface area (Å²) >= 11 is 0. The van der Waals surface area contributed by atoms with Crippen LogP contribution in [0.4, 0.5) is 0 Å². The van der Waals surface area contributed by atoms with Crippen LogP contribution in [0, 0.1) is 0 Å². The van der Waals surface area contributed by atoms with Gasteiger partial charge in [0, 0.05) is 6.92 Å². The second-order valence-electron chi connectivity index (χ2n) is 2.01. The van der Waals surface area contributed by atoms with Crippen molar-refractivity contribution in [3.63, 3.8) is 0 Å². The van der Waals surface area contributed by atoms with E-state index in [0.29, 0.717) is 0 Å². The van der Waals surface area contributed by atoms with Crippen molar-refractivity contribution in [2.45, 2.75) is 6.92 Å². The average molecular weight is 170 g/mol. The highest BCUT2D eigenvalue weighted by atomic mass is 16.6. The number of ether oxygens (including phenoxy) is 1. The van der Waals surface area contributed by atoms with Gasteiger partial charge in [0.15, 0.2) is 11.5 Å². The zero-order chi connectivity index (χ0) is 9.14. The van der Waals surface area contributed by atoms with E-state index in [2.05, 4.69) is 19.7 Å². The van der Waals surface area contributed by atoms with E-state index in [0.717, 1.165) is 0 Å². The summed E-state index contributed by atoms with van der Waals surface area (Å²) in [5, 5.41) is 6.47. The van der Waals surface area contributed by atoms with Crippen LogP contribution in [0.1, 0.15) is 27.9 Å². The molecule has 0 aliphatic rings. The topological polar surface area (TPSA) is 82.3 Å². The minimum absolute atomic E-state index is 0.109. The fraction of sp³-hybridized carbons (Fsp3) is 0.333. The number of carbonyl (C=O) groups is 2. The predicted octanol–water partition coefficient (Wildman–Crippen LogP) is 0.0588. The number of hydrogen-bond acceptors (Lipinski definition) is 6. The monoisotopic (exact) mass is 170 g/mol. The Morgan fingerprint density at radius 2 is 1.92 bits per heavy atom. The summed E-state index contributed by atoms with van der Waals surface area (Å²) in [5.74, 6) is -1.13. The number of nitrogens with zero attached hydrogens (tertiary/aromatic N) is 2. The quantitative estimate of drug-likeness (QED) is 0.461. The second-order valence-corrected chi connectivity index (χ2v) is 2.01. The average Bonchev–Trinajstić information content (AvgIpc) is 2.50. The smallest absolute Gasteiger partial charge is 0.362 e. The van der Waals surface area contributed by atoms with Crippen molar-refractivity contribution >= 4 is 11.8 Å². The third-order valence-electron chi connectivity index (χ3n) is 1.20. The summed E-state index contributed by atoms with van der Waals surface area (Å²) < 4.78 is 8.54. The molecule has 1 aromatic heterocycles. The molecule has 0 fully saturated rings. The van der Waals surface area contributed by atoms with E-state index >= 15 is 0 Å². The van der Waals surface area contributed by atoms with Gasteiger partial charge in [-0.2, -0.15) is 0 Å². The largest absolute Gasteiger partial charge is 0.464 e. The van der Waals surface area contributed by atoms with Gasteiger partial charge < -0.3 is 4.74 Å². The van der Waals surface area contributed by atoms with Gasteiger partial charge in [0.25, 0.3) is 0 Å². The van der Waals surface area contributed by atoms with Gasteiger partial charge in [0.05, 0.1) is 7.11 Å². The van der Waals surface area contributed by atoms with Gasteiger partial charge in [-0.3, -0.25) is 4.79 Å². The molecule has 1 aromatic rings. The lowest BCUT2D eigenvalue weighted by Gasteiger charge is -1.91. The SMILES string of the molecule is COC(=O)c1nonc1C(C)=O.